The predicted molar refractivity (Wildman–Crippen MR) is 104 cm³/mol. The van der Waals surface area contributed by atoms with Gasteiger partial charge in [-0.25, -0.2) is 4.99 Å². The maximum absolute atomic E-state index is 14.0. The van der Waals surface area contributed by atoms with Gasteiger partial charge in [-0.2, -0.15) is 0 Å². The van der Waals surface area contributed by atoms with Crippen LogP contribution in [0.3, 0.4) is 0 Å². The lowest BCUT2D eigenvalue weighted by molar-refractivity contribution is -0.157. The third-order valence-electron chi connectivity index (χ3n) is 7.05. The van der Waals surface area contributed by atoms with Crippen LogP contribution in [-0.4, -0.2) is 41.5 Å². The number of ether oxygens (including phenoxy) is 2. The number of carbonyl (C=O) groups excluding carboxylic acids is 1. The van der Waals surface area contributed by atoms with Gasteiger partial charge in [0.05, 0.1) is 13.7 Å². The van der Waals surface area contributed by atoms with Crippen molar-refractivity contribution < 1.29 is 14.3 Å². The molecule has 4 atom stereocenters. The Morgan fingerprint density at radius 1 is 1.11 bits per heavy atom. The van der Waals surface area contributed by atoms with Crippen LogP contribution < -0.4 is 0 Å². The summed E-state index contributed by atoms with van der Waals surface area (Å²) in [7, 11) is 1.66. The molecule has 142 valence electrons. The number of fused-ring (bicyclic) bond motifs is 1. The maximum Gasteiger partial charge on any atom is 0.254 e. The Morgan fingerprint density at radius 2 is 1.86 bits per heavy atom. The number of benzene rings is 2. The van der Waals surface area contributed by atoms with Gasteiger partial charge in [-0.05, 0) is 24.0 Å². The summed E-state index contributed by atoms with van der Waals surface area (Å²) < 4.78 is 12.0. The van der Waals surface area contributed by atoms with E-state index in [4.69, 9.17) is 14.5 Å². The highest BCUT2D eigenvalue weighted by atomic mass is 16.5. The minimum absolute atomic E-state index is 0.0883. The zero-order chi connectivity index (χ0) is 18.9. The second-order valence-corrected chi connectivity index (χ2v) is 8.38. The van der Waals surface area contributed by atoms with Gasteiger partial charge in [0.25, 0.3) is 5.91 Å². The minimum atomic E-state index is -0.776. The first-order valence-electron chi connectivity index (χ1n) is 9.89. The smallest absolute Gasteiger partial charge is 0.254 e. The van der Waals surface area contributed by atoms with Crippen molar-refractivity contribution in [3.63, 3.8) is 0 Å². The summed E-state index contributed by atoms with van der Waals surface area (Å²) in [5, 5.41) is 0. The molecule has 2 fully saturated rings. The average Bonchev–Trinajstić information content (AvgIpc) is 3.12. The fraction of sp³-hybridized carbons (Fsp3) is 0.391. The number of piperidine rings is 1. The Kier molecular flexibility index (Phi) is 3.17. The third kappa shape index (κ3) is 1.85. The molecule has 4 aliphatic heterocycles. The molecule has 2 aromatic rings. The Bertz CT molecular complexity index is 1000. The van der Waals surface area contributed by atoms with E-state index in [1.54, 1.807) is 7.11 Å². The number of methoxy groups -OCH3 is 1. The molecule has 0 aromatic heterocycles. The molecule has 2 spiro atoms. The highest BCUT2D eigenvalue weighted by molar-refractivity contribution is 6.04. The number of nitrogens with zero attached hydrogens (tertiary/aromatic N) is 2. The van der Waals surface area contributed by atoms with Crippen LogP contribution in [-0.2, 0) is 27.1 Å². The summed E-state index contributed by atoms with van der Waals surface area (Å²) in [6, 6.07) is 18.4. The molecule has 5 heteroatoms. The second kappa shape index (κ2) is 5.45. The molecule has 1 aliphatic carbocycles. The summed E-state index contributed by atoms with van der Waals surface area (Å²) in [6.45, 7) is 0.430. The Labute approximate surface area is 164 Å². The van der Waals surface area contributed by atoms with E-state index in [-0.39, 0.29) is 18.1 Å². The average molecular weight is 374 g/mol. The van der Waals surface area contributed by atoms with E-state index >= 15 is 0 Å². The van der Waals surface area contributed by atoms with E-state index in [0.29, 0.717) is 18.9 Å². The lowest BCUT2D eigenvalue weighted by Crippen LogP contribution is -2.74. The van der Waals surface area contributed by atoms with Crippen molar-refractivity contribution in [3.8, 4) is 0 Å². The number of amides is 1. The molecule has 7 rings (SSSR count). The molecule has 0 radical (unpaired) electrons. The summed E-state index contributed by atoms with van der Waals surface area (Å²) >= 11 is 0. The molecule has 5 aliphatic rings. The van der Waals surface area contributed by atoms with Gasteiger partial charge in [-0.1, -0.05) is 54.6 Å². The van der Waals surface area contributed by atoms with Crippen molar-refractivity contribution >= 4 is 11.8 Å². The zero-order valence-electron chi connectivity index (χ0n) is 15.8. The number of aliphatic imine (C=N–C) groups is 1. The van der Waals surface area contributed by atoms with Crippen molar-refractivity contribution in [1.82, 2.24) is 4.90 Å². The van der Waals surface area contributed by atoms with Gasteiger partial charge in [-0.15, -0.1) is 0 Å². The fourth-order valence-corrected chi connectivity index (χ4v) is 5.76. The lowest BCUT2D eigenvalue weighted by atomic mass is 9.60. The van der Waals surface area contributed by atoms with Gasteiger partial charge in [0.15, 0.2) is 6.23 Å². The molecule has 28 heavy (non-hydrogen) atoms. The molecule has 2 saturated heterocycles. The number of rotatable bonds is 1. The van der Waals surface area contributed by atoms with E-state index in [9.17, 15) is 4.79 Å². The summed E-state index contributed by atoms with van der Waals surface area (Å²) in [5.74, 6) is 0.926. The Balaban J connectivity index is 1.52. The molecule has 4 heterocycles. The standard InChI is InChI=1S/C23H22N2O3/c1-27-20-22-13-18-11-16-9-5-6-10-17(16)12-23(18,24-20)21(26)25(22)19(28-14-22)15-7-3-2-4-8-15/h2-10,18-19H,11-14H2,1H3/t18-,19-,22?,23?/m1/s1. The molecule has 2 bridgehead atoms. The van der Waals surface area contributed by atoms with Crippen molar-refractivity contribution in [2.24, 2.45) is 10.9 Å². The normalized spacial score (nSPS) is 35.1. The third-order valence-corrected chi connectivity index (χ3v) is 7.05. The highest BCUT2D eigenvalue weighted by Crippen LogP contribution is 2.56. The van der Waals surface area contributed by atoms with E-state index in [1.807, 2.05) is 41.3 Å². The quantitative estimate of drug-likeness (QED) is 0.771. The van der Waals surface area contributed by atoms with Gasteiger partial charge in [-0.3, -0.25) is 9.69 Å². The van der Waals surface area contributed by atoms with Crippen molar-refractivity contribution in [2.75, 3.05) is 13.7 Å². The monoisotopic (exact) mass is 374 g/mol. The zero-order valence-corrected chi connectivity index (χ0v) is 15.8. The molecule has 0 N–H and O–H groups in total. The first-order chi connectivity index (χ1) is 13.7. The summed E-state index contributed by atoms with van der Waals surface area (Å²) in [4.78, 5) is 20.9. The van der Waals surface area contributed by atoms with Crippen LogP contribution in [0.4, 0.5) is 0 Å². The molecular formula is C23H22N2O3. The molecule has 2 aromatic carbocycles. The van der Waals surface area contributed by atoms with Crippen LogP contribution in [0.5, 0.6) is 0 Å². The van der Waals surface area contributed by atoms with E-state index < -0.39 is 11.1 Å². The van der Waals surface area contributed by atoms with Gasteiger partial charge in [0.2, 0.25) is 5.90 Å². The van der Waals surface area contributed by atoms with Gasteiger partial charge in [0.1, 0.15) is 11.1 Å². The first kappa shape index (κ1) is 16.3. The predicted octanol–water partition coefficient (Wildman–Crippen LogP) is 2.90. The van der Waals surface area contributed by atoms with Gasteiger partial charge >= 0.3 is 0 Å². The summed E-state index contributed by atoms with van der Waals surface area (Å²) in [5.41, 5.74) is 2.19. The van der Waals surface area contributed by atoms with Crippen LogP contribution >= 0.6 is 0 Å². The topological polar surface area (TPSA) is 51.1 Å². The second-order valence-electron chi connectivity index (χ2n) is 8.38. The number of hydrogen-bond donors (Lipinski definition) is 0. The van der Waals surface area contributed by atoms with Gasteiger partial charge < -0.3 is 9.47 Å². The molecule has 0 saturated carbocycles. The van der Waals surface area contributed by atoms with Crippen LogP contribution in [0.1, 0.15) is 29.3 Å². The van der Waals surface area contributed by atoms with Crippen LogP contribution in [0.15, 0.2) is 59.6 Å². The SMILES string of the molecule is COC1=NC23Cc4ccccc4C[C@@H]2CC12CO[C@H](c1ccccc1)N2C3=O. The molecule has 5 nitrogen and oxygen atoms in total. The Morgan fingerprint density at radius 3 is 2.64 bits per heavy atom. The molecule has 2 unspecified atom stereocenters. The van der Waals surface area contributed by atoms with E-state index in [1.165, 1.54) is 11.1 Å². The highest BCUT2D eigenvalue weighted by Gasteiger charge is 2.70. The van der Waals surface area contributed by atoms with Crippen LogP contribution in [0, 0.1) is 5.92 Å². The van der Waals surface area contributed by atoms with E-state index in [0.717, 1.165) is 18.4 Å². The Hall–Kier alpha value is -2.66. The minimum Gasteiger partial charge on any atom is -0.483 e. The number of hydrogen-bond acceptors (Lipinski definition) is 4. The van der Waals surface area contributed by atoms with E-state index in [2.05, 4.69) is 18.2 Å². The van der Waals surface area contributed by atoms with Crippen molar-refractivity contribution in [1.29, 1.82) is 0 Å². The largest absolute Gasteiger partial charge is 0.483 e. The fourth-order valence-electron chi connectivity index (χ4n) is 5.76. The number of carbonyl (C=O) groups is 1. The molecular weight excluding hydrogens is 352 g/mol. The van der Waals surface area contributed by atoms with Crippen LogP contribution in [0.2, 0.25) is 0 Å². The van der Waals surface area contributed by atoms with Crippen molar-refractivity contribution in [2.45, 2.75) is 36.6 Å². The van der Waals surface area contributed by atoms with Crippen LogP contribution in [0.25, 0.3) is 0 Å². The summed E-state index contributed by atoms with van der Waals surface area (Å²) in [6.07, 6.45) is 1.97. The lowest BCUT2D eigenvalue weighted by Gasteiger charge is -2.58. The van der Waals surface area contributed by atoms with Gasteiger partial charge in [0, 0.05) is 17.9 Å². The maximum atomic E-state index is 14.0. The molecule has 1 amide bonds. The first-order valence-corrected chi connectivity index (χ1v) is 9.89. The van der Waals surface area contributed by atoms with Crippen molar-refractivity contribution in [3.05, 3.63) is 71.3 Å².